The van der Waals surface area contributed by atoms with Crippen LogP contribution in [-0.4, -0.2) is 66.8 Å². The number of aryl methyl sites for hydroxylation is 3. The quantitative estimate of drug-likeness (QED) is 0.741. The van der Waals surface area contributed by atoms with Crippen molar-refractivity contribution in [1.29, 1.82) is 0 Å². The molecular formula is C27H34N4O3. The second kappa shape index (κ2) is 9.97. The van der Waals surface area contributed by atoms with Crippen LogP contribution in [0, 0.1) is 33.6 Å². The van der Waals surface area contributed by atoms with Crippen molar-refractivity contribution in [3.05, 3.63) is 58.7 Å². The van der Waals surface area contributed by atoms with Gasteiger partial charge >= 0.3 is 0 Å². The van der Waals surface area contributed by atoms with Gasteiger partial charge < -0.3 is 15.1 Å². The van der Waals surface area contributed by atoms with E-state index in [1.807, 2.05) is 69.0 Å². The third-order valence-corrected chi connectivity index (χ3v) is 7.14. The first kappa shape index (κ1) is 24.0. The molecule has 2 saturated heterocycles. The van der Waals surface area contributed by atoms with Crippen molar-refractivity contribution >= 4 is 29.1 Å². The summed E-state index contributed by atoms with van der Waals surface area (Å²) in [4.78, 5) is 44.2. The molecule has 0 saturated carbocycles. The van der Waals surface area contributed by atoms with Gasteiger partial charge in [-0.1, -0.05) is 30.3 Å². The van der Waals surface area contributed by atoms with E-state index in [0.29, 0.717) is 39.3 Å². The van der Waals surface area contributed by atoms with Gasteiger partial charge in [-0.15, -0.1) is 0 Å². The number of para-hydroxylation sites is 1. The van der Waals surface area contributed by atoms with Gasteiger partial charge in [0.15, 0.2) is 0 Å². The molecule has 2 aliphatic rings. The van der Waals surface area contributed by atoms with Crippen LogP contribution in [0.3, 0.4) is 0 Å². The molecular weight excluding hydrogens is 428 g/mol. The first-order valence-corrected chi connectivity index (χ1v) is 12.0. The van der Waals surface area contributed by atoms with Crippen LogP contribution in [0.1, 0.15) is 28.7 Å². The minimum atomic E-state index is -0.314. The number of carbonyl (C=O) groups excluding carboxylic acids is 3. The van der Waals surface area contributed by atoms with Crippen molar-refractivity contribution in [3.63, 3.8) is 0 Å². The van der Waals surface area contributed by atoms with E-state index < -0.39 is 0 Å². The Morgan fingerprint density at radius 2 is 1.53 bits per heavy atom. The van der Waals surface area contributed by atoms with Crippen LogP contribution in [0.4, 0.5) is 11.4 Å². The van der Waals surface area contributed by atoms with Crippen LogP contribution in [0.2, 0.25) is 0 Å². The van der Waals surface area contributed by atoms with Gasteiger partial charge in [-0.25, -0.2) is 0 Å². The highest BCUT2D eigenvalue weighted by Gasteiger charge is 2.38. The maximum absolute atomic E-state index is 13.2. The van der Waals surface area contributed by atoms with E-state index in [9.17, 15) is 14.4 Å². The minimum absolute atomic E-state index is 0.00820. The number of nitrogens with one attached hydrogen (secondary N) is 1. The zero-order valence-corrected chi connectivity index (χ0v) is 20.6. The molecule has 3 amide bonds. The van der Waals surface area contributed by atoms with Crippen molar-refractivity contribution in [2.75, 3.05) is 49.5 Å². The SMILES string of the molecule is Cc1cccc(N2CC(C(=O)N3CCN(CC(=O)Nc4c(C)cccc4C)CC3)CC2=O)c1C. The Bertz CT molecular complexity index is 1080. The molecule has 4 rings (SSSR count). The van der Waals surface area contributed by atoms with Gasteiger partial charge in [0.2, 0.25) is 17.7 Å². The van der Waals surface area contributed by atoms with Crippen LogP contribution in [0.15, 0.2) is 36.4 Å². The Labute approximate surface area is 201 Å². The maximum atomic E-state index is 13.2. The van der Waals surface area contributed by atoms with Gasteiger partial charge in [0, 0.05) is 50.5 Å². The number of amides is 3. The molecule has 2 aliphatic heterocycles. The number of carbonyl (C=O) groups is 3. The molecule has 1 atom stereocenters. The van der Waals surface area contributed by atoms with E-state index in [2.05, 4.69) is 10.2 Å². The maximum Gasteiger partial charge on any atom is 0.238 e. The van der Waals surface area contributed by atoms with Crippen molar-refractivity contribution in [2.24, 2.45) is 5.92 Å². The van der Waals surface area contributed by atoms with Gasteiger partial charge in [0.1, 0.15) is 0 Å². The first-order chi connectivity index (χ1) is 16.2. The van der Waals surface area contributed by atoms with E-state index in [-0.39, 0.29) is 30.1 Å². The molecule has 7 heteroatoms. The first-order valence-electron chi connectivity index (χ1n) is 12.0. The zero-order chi connectivity index (χ0) is 24.4. The fourth-order valence-electron chi connectivity index (χ4n) is 4.91. The molecule has 0 bridgehead atoms. The molecule has 0 spiro atoms. The monoisotopic (exact) mass is 462 g/mol. The van der Waals surface area contributed by atoms with Gasteiger partial charge in [0.25, 0.3) is 0 Å². The minimum Gasteiger partial charge on any atom is -0.340 e. The molecule has 1 unspecified atom stereocenters. The number of nitrogens with zero attached hydrogens (tertiary/aromatic N) is 3. The van der Waals surface area contributed by atoms with Gasteiger partial charge in [-0.2, -0.15) is 0 Å². The zero-order valence-electron chi connectivity index (χ0n) is 20.6. The molecule has 34 heavy (non-hydrogen) atoms. The van der Waals surface area contributed by atoms with E-state index in [0.717, 1.165) is 33.6 Å². The highest BCUT2D eigenvalue weighted by Crippen LogP contribution is 2.30. The van der Waals surface area contributed by atoms with E-state index in [4.69, 9.17) is 0 Å². The molecule has 2 fully saturated rings. The third-order valence-electron chi connectivity index (χ3n) is 7.14. The highest BCUT2D eigenvalue weighted by molar-refractivity contribution is 6.01. The lowest BCUT2D eigenvalue weighted by Gasteiger charge is -2.35. The summed E-state index contributed by atoms with van der Waals surface area (Å²) in [6.45, 7) is 11.2. The molecule has 1 N–H and O–H groups in total. The fraction of sp³-hybridized carbons (Fsp3) is 0.444. The predicted octanol–water partition coefficient (Wildman–Crippen LogP) is 3.06. The number of benzene rings is 2. The summed E-state index contributed by atoms with van der Waals surface area (Å²) >= 11 is 0. The average molecular weight is 463 g/mol. The Morgan fingerprint density at radius 1 is 0.912 bits per heavy atom. The van der Waals surface area contributed by atoms with Crippen LogP contribution in [0.25, 0.3) is 0 Å². The Morgan fingerprint density at radius 3 is 2.21 bits per heavy atom. The van der Waals surface area contributed by atoms with Gasteiger partial charge in [-0.05, 0) is 56.0 Å². The van der Waals surface area contributed by atoms with Crippen molar-refractivity contribution in [2.45, 2.75) is 34.1 Å². The summed E-state index contributed by atoms with van der Waals surface area (Å²) in [6.07, 6.45) is 0.255. The molecule has 180 valence electrons. The topological polar surface area (TPSA) is 73.0 Å². The molecule has 0 aliphatic carbocycles. The lowest BCUT2D eigenvalue weighted by Crippen LogP contribution is -2.52. The third kappa shape index (κ3) is 4.99. The highest BCUT2D eigenvalue weighted by atomic mass is 16.2. The Kier molecular flexibility index (Phi) is 7.03. The van der Waals surface area contributed by atoms with Crippen LogP contribution in [0.5, 0.6) is 0 Å². The Hall–Kier alpha value is -3.19. The molecule has 7 nitrogen and oxygen atoms in total. The Balaban J connectivity index is 1.29. The lowest BCUT2D eigenvalue weighted by molar-refractivity contribution is -0.137. The van der Waals surface area contributed by atoms with Crippen molar-refractivity contribution in [3.8, 4) is 0 Å². The van der Waals surface area contributed by atoms with Gasteiger partial charge in [-0.3, -0.25) is 19.3 Å². The second-order valence-electron chi connectivity index (χ2n) is 9.54. The molecule has 0 aromatic heterocycles. The number of piperazine rings is 1. The van der Waals surface area contributed by atoms with Crippen LogP contribution in [-0.2, 0) is 14.4 Å². The summed E-state index contributed by atoms with van der Waals surface area (Å²) in [5.74, 6) is -0.302. The number of anilines is 2. The largest absolute Gasteiger partial charge is 0.340 e. The summed E-state index contributed by atoms with van der Waals surface area (Å²) in [6, 6.07) is 11.9. The average Bonchev–Trinajstić information content (AvgIpc) is 3.19. The van der Waals surface area contributed by atoms with Crippen LogP contribution >= 0.6 is 0 Å². The number of hydrogen-bond donors (Lipinski definition) is 1. The van der Waals surface area contributed by atoms with E-state index in [1.165, 1.54) is 0 Å². The summed E-state index contributed by atoms with van der Waals surface area (Å²) < 4.78 is 0. The predicted molar refractivity (Wildman–Crippen MR) is 134 cm³/mol. The summed E-state index contributed by atoms with van der Waals surface area (Å²) in [5, 5.41) is 3.03. The lowest BCUT2D eigenvalue weighted by atomic mass is 10.1. The molecule has 0 radical (unpaired) electrons. The molecule has 2 aromatic carbocycles. The number of rotatable bonds is 5. The normalized spacial score (nSPS) is 18.9. The van der Waals surface area contributed by atoms with E-state index >= 15 is 0 Å². The summed E-state index contributed by atoms with van der Waals surface area (Å²) in [7, 11) is 0. The van der Waals surface area contributed by atoms with Gasteiger partial charge in [0.05, 0.1) is 12.5 Å². The standard InChI is InChI=1S/C27H34N4O3/c1-18-7-6-10-23(21(18)4)31-16-22(15-25(31)33)27(34)30-13-11-29(12-14-30)17-24(32)28-26-19(2)8-5-9-20(26)3/h5-10,22H,11-17H2,1-4H3,(H,28,32). The number of hydrogen-bond acceptors (Lipinski definition) is 4. The molecule has 2 heterocycles. The van der Waals surface area contributed by atoms with Crippen molar-refractivity contribution < 1.29 is 14.4 Å². The fourth-order valence-corrected chi connectivity index (χ4v) is 4.91. The van der Waals surface area contributed by atoms with Crippen LogP contribution < -0.4 is 10.2 Å². The molecule has 2 aromatic rings. The second-order valence-corrected chi connectivity index (χ2v) is 9.54. The smallest absolute Gasteiger partial charge is 0.238 e. The summed E-state index contributed by atoms with van der Waals surface area (Å²) in [5.41, 5.74) is 6.09. The van der Waals surface area contributed by atoms with Crippen molar-refractivity contribution in [1.82, 2.24) is 9.80 Å². The van der Waals surface area contributed by atoms with E-state index in [1.54, 1.807) is 4.90 Å².